The molecule has 0 aromatic heterocycles. The minimum absolute atomic E-state index is 0.0103. The lowest BCUT2D eigenvalue weighted by atomic mass is 10.1. The Labute approximate surface area is 135 Å². The predicted octanol–water partition coefficient (Wildman–Crippen LogP) is 3.02. The van der Waals surface area contributed by atoms with E-state index in [1.165, 1.54) is 12.1 Å². The third-order valence-electron chi connectivity index (χ3n) is 4.27. The maximum absolute atomic E-state index is 12.5. The zero-order valence-corrected chi connectivity index (χ0v) is 13.9. The fourth-order valence-corrected chi connectivity index (χ4v) is 3.75. The zero-order valence-electron chi connectivity index (χ0n) is 13.0. The van der Waals surface area contributed by atoms with Crippen LogP contribution >= 0.6 is 0 Å². The number of benzene rings is 1. The Morgan fingerprint density at radius 1 is 1.22 bits per heavy atom. The summed E-state index contributed by atoms with van der Waals surface area (Å²) in [5.41, 5.74) is 0.625. The number of alkyl halides is 2. The standard InChI is InChI=1S/C16H21F2NO3S/c1-2-19(13-5-3-4-6-13)15(20)11-12-7-9-14(10-8-12)23(21,22)16(17)18/h7-10,13,16H,2-6,11H2,1H3. The number of hydrogen-bond acceptors (Lipinski definition) is 3. The van der Waals surface area contributed by atoms with E-state index in [4.69, 9.17) is 0 Å². The number of sulfone groups is 1. The molecule has 1 saturated carbocycles. The van der Waals surface area contributed by atoms with Crippen LogP contribution in [-0.2, 0) is 21.1 Å². The van der Waals surface area contributed by atoms with E-state index in [0.717, 1.165) is 37.8 Å². The quantitative estimate of drug-likeness (QED) is 0.796. The van der Waals surface area contributed by atoms with Crippen molar-refractivity contribution in [3.63, 3.8) is 0 Å². The molecule has 2 rings (SSSR count). The molecule has 0 atom stereocenters. The largest absolute Gasteiger partial charge is 0.341 e. The van der Waals surface area contributed by atoms with Crippen LogP contribution in [0.1, 0.15) is 38.2 Å². The maximum Gasteiger partial charge on any atom is 0.341 e. The van der Waals surface area contributed by atoms with E-state index >= 15 is 0 Å². The highest BCUT2D eigenvalue weighted by Crippen LogP contribution is 2.24. The van der Waals surface area contributed by atoms with E-state index < -0.39 is 20.5 Å². The van der Waals surface area contributed by atoms with E-state index in [-0.39, 0.29) is 18.4 Å². The van der Waals surface area contributed by atoms with Crippen molar-refractivity contribution in [2.45, 2.75) is 55.7 Å². The number of hydrogen-bond donors (Lipinski definition) is 0. The van der Waals surface area contributed by atoms with Gasteiger partial charge >= 0.3 is 5.76 Å². The summed E-state index contributed by atoms with van der Waals surface area (Å²) in [5.74, 6) is -3.45. The van der Waals surface area contributed by atoms with Gasteiger partial charge < -0.3 is 4.90 Å². The van der Waals surface area contributed by atoms with E-state index in [2.05, 4.69) is 0 Å². The molecule has 1 aliphatic carbocycles. The van der Waals surface area contributed by atoms with Crippen molar-refractivity contribution in [1.82, 2.24) is 4.90 Å². The minimum atomic E-state index is -4.58. The van der Waals surface area contributed by atoms with Gasteiger partial charge in [-0.05, 0) is 37.5 Å². The zero-order chi connectivity index (χ0) is 17.0. The van der Waals surface area contributed by atoms with Gasteiger partial charge in [0.15, 0.2) is 0 Å². The van der Waals surface area contributed by atoms with Crippen molar-refractivity contribution >= 4 is 15.7 Å². The second kappa shape index (κ2) is 7.38. The van der Waals surface area contributed by atoms with E-state index in [1.807, 2.05) is 11.8 Å². The number of carbonyl (C=O) groups excluding carboxylic acids is 1. The maximum atomic E-state index is 12.5. The summed E-state index contributed by atoms with van der Waals surface area (Å²) in [4.78, 5) is 13.8. The van der Waals surface area contributed by atoms with Gasteiger partial charge in [0.1, 0.15) is 0 Å². The second-order valence-corrected chi connectivity index (χ2v) is 7.66. The molecule has 1 aliphatic rings. The van der Waals surface area contributed by atoms with Crippen LogP contribution in [0.25, 0.3) is 0 Å². The molecule has 0 bridgehead atoms. The molecule has 128 valence electrons. The highest BCUT2D eigenvalue weighted by Gasteiger charge is 2.27. The first-order valence-corrected chi connectivity index (χ1v) is 9.31. The molecule has 1 aromatic carbocycles. The Balaban J connectivity index is 2.07. The van der Waals surface area contributed by atoms with Gasteiger partial charge in [-0.25, -0.2) is 8.42 Å². The van der Waals surface area contributed by atoms with Gasteiger partial charge in [-0.2, -0.15) is 8.78 Å². The fourth-order valence-electron chi connectivity index (χ4n) is 3.03. The Bertz CT molecular complexity index is 638. The molecule has 0 spiro atoms. The summed E-state index contributed by atoms with van der Waals surface area (Å²) in [6.45, 7) is 2.58. The first kappa shape index (κ1) is 17.8. The minimum Gasteiger partial charge on any atom is -0.340 e. The molecule has 0 radical (unpaired) electrons. The molecule has 0 N–H and O–H groups in total. The number of carbonyl (C=O) groups is 1. The molecule has 4 nitrogen and oxygen atoms in total. The summed E-state index contributed by atoms with van der Waals surface area (Å²) in [6, 6.07) is 5.41. The summed E-state index contributed by atoms with van der Waals surface area (Å²) < 4.78 is 47.7. The number of likely N-dealkylation sites (N-methyl/N-ethyl adjacent to an activating group) is 1. The number of halogens is 2. The van der Waals surface area contributed by atoms with E-state index in [0.29, 0.717) is 12.1 Å². The third-order valence-corrected chi connectivity index (χ3v) is 5.67. The summed E-state index contributed by atoms with van der Waals surface area (Å²) >= 11 is 0. The van der Waals surface area contributed by atoms with Crippen LogP contribution in [-0.4, -0.2) is 37.6 Å². The summed E-state index contributed by atoms with van der Waals surface area (Å²) in [7, 11) is -4.58. The third kappa shape index (κ3) is 4.07. The molecular formula is C16H21F2NO3S. The molecule has 0 saturated heterocycles. The molecule has 0 unspecified atom stereocenters. The van der Waals surface area contributed by atoms with Crippen molar-refractivity contribution in [1.29, 1.82) is 0 Å². The van der Waals surface area contributed by atoms with Gasteiger partial charge in [0.25, 0.3) is 0 Å². The number of rotatable bonds is 6. The van der Waals surface area contributed by atoms with Crippen LogP contribution < -0.4 is 0 Å². The van der Waals surface area contributed by atoms with Crippen LogP contribution in [0.5, 0.6) is 0 Å². The van der Waals surface area contributed by atoms with Crippen molar-refractivity contribution < 1.29 is 22.0 Å². The van der Waals surface area contributed by atoms with Gasteiger partial charge in [0, 0.05) is 12.6 Å². The fraction of sp³-hybridized carbons (Fsp3) is 0.562. The molecule has 23 heavy (non-hydrogen) atoms. The van der Waals surface area contributed by atoms with Gasteiger partial charge in [-0.1, -0.05) is 25.0 Å². The van der Waals surface area contributed by atoms with Crippen molar-refractivity contribution in [3.05, 3.63) is 29.8 Å². The Kier molecular flexibility index (Phi) is 5.73. The van der Waals surface area contributed by atoms with Gasteiger partial charge in [-0.15, -0.1) is 0 Å². The van der Waals surface area contributed by atoms with E-state index in [1.54, 1.807) is 0 Å². The average molecular weight is 345 g/mol. The Morgan fingerprint density at radius 3 is 2.26 bits per heavy atom. The first-order chi connectivity index (χ1) is 10.9. The van der Waals surface area contributed by atoms with Gasteiger partial charge in [0.2, 0.25) is 15.7 Å². The van der Waals surface area contributed by atoms with Crippen LogP contribution in [0.3, 0.4) is 0 Å². The molecule has 1 amide bonds. The van der Waals surface area contributed by atoms with Crippen LogP contribution in [0.15, 0.2) is 29.2 Å². The number of amides is 1. The lowest BCUT2D eigenvalue weighted by Gasteiger charge is -2.27. The first-order valence-electron chi connectivity index (χ1n) is 7.76. The number of nitrogens with zero attached hydrogens (tertiary/aromatic N) is 1. The highest BCUT2D eigenvalue weighted by atomic mass is 32.2. The van der Waals surface area contributed by atoms with Crippen LogP contribution in [0.2, 0.25) is 0 Å². The Morgan fingerprint density at radius 2 is 1.78 bits per heavy atom. The SMILES string of the molecule is CCN(C(=O)Cc1ccc(S(=O)(=O)C(F)F)cc1)C1CCCC1. The van der Waals surface area contributed by atoms with Crippen molar-refractivity contribution in [3.8, 4) is 0 Å². The molecule has 0 aliphatic heterocycles. The summed E-state index contributed by atoms with van der Waals surface area (Å²) in [5, 5.41) is 0. The molecule has 1 aromatic rings. The topological polar surface area (TPSA) is 54.5 Å². The molecular weight excluding hydrogens is 324 g/mol. The summed E-state index contributed by atoms with van der Waals surface area (Å²) in [6.07, 6.45) is 4.46. The lowest BCUT2D eigenvalue weighted by Crippen LogP contribution is -2.39. The molecule has 0 heterocycles. The Hall–Kier alpha value is -1.50. The smallest absolute Gasteiger partial charge is 0.340 e. The van der Waals surface area contributed by atoms with Crippen molar-refractivity contribution in [2.75, 3.05) is 6.54 Å². The monoisotopic (exact) mass is 345 g/mol. The van der Waals surface area contributed by atoms with E-state index in [9.17, 15) is 22.0 Å². The molecule has 7 heteroatoms. The van der Waals surface area contributed by atoms with Gasteiger partial charge in [-0.3, -0.25) is 4.79 Å². The van der Waals surface area contributed by atoms with Crippen molar-refractivity contribution in [2.24, 2.45) is 0 Å². The molecule has 1 fully saturated rings. The van der Waals surface area contributed by atoms with Crippen LogP contribution in [0.4, 0.5) is 8.78 Å². The average Bonchev–Trinajstić information content (AvgIpc) is 3.02. The highest BCUT2D eigenvalue weighted by molar-refractivity contribution is 7.91. The predicted molar refractivity (Wildman–Crippen MR) is 83.0 cm³/mol. The second-order valence-electron chi connectivity index (χ2n) is 5.74. The van der Waals surface area contributed by atoms with Gasteiger partial charge in [0.05, 0.1) is 11.3 Å². The normalized spacial score (nSPS) is 16.0. The van der Waals surface area contributed by atoms with Crippen LogP contribution in [0, 0.1) is 0 Å². The lowest BCUT2D eigenvalue weighted by molar-refractivity contribution is -0.132.